The molecule has 2 aromatic carbocycles. The first-order valence-corrected chi connectivity index (χ1v) is 19.1. The van der Waals surface area contributed by atoms with Crippen LogP contribution in [-0.2, 0) is 31.6 Å². The molecule has 12 heteroatoms. The van der Waals surface area contributed by atoms with Crippen molar-refractivity contribution in [1.29, 1.82) is 0 Å². The second-order valence-corrected chi connectivity index (χ2v) is 16.8. The van der Waals surface area contributed by atoms with E-state index in [0.717, 1.165) is 44.9 Å². The molecule has 0 spiro atoms. The maximum absolute atomic E-state index is 14.2. The minimum absolute atomic E-state index is 0.0424. The summed E-state index contributed by atoms with van der Waals surface area (Å²) in [6.07, 6.45) is 7.74. The Labute approximate surface area is 272 Å². The highest BCUT2D eigenvalue weighted by atomic mass is 32.2. The largest absolute Gasteiger partial charge is 0.336 e. The normalized spacial score (nSPS) is 18.2. The number of fused-ring (bicyclic) bond motifs is 5. The Morgan fingerprint density at radius 1 is 0.978 bits per heavy atom. The third kappa shape index (κ3) is 6.03. The topological polar surface area (TPSA) is 112 Å². The van der Waals surface area contributed by atoms with Crippen LogP contribution in [0.4, 0.5) is 0 Å². The summed E-state index contributed by atoms with van der Waals surface area (Å²) in [6, 6.07) is 14.2. The molecule has 1 aliphatic carbocycles. The van der Waals surface area contributed by atoms with E-state index in [-0.39, 0.29) is 30.4 Å². The average molecular weight is 666 g/mol. The van der Waals surface area contributed by atoms with Crippen molar-refractivity contribution in [2.45, 2.75) is 51.5 Å². The lowest BCUT2D eigenvalue weighted by atomic mass is 9.81. The molecule has 2 aliphatic heterocycles. The Morgan fingerprint density at radius 2 is 1.67 bits per heavy atom. The van der Waals surface area contributed by atoms with E-state index in [1.807, 2.05) is 30.3 Å². The van der Waals surface area contributed by atoms with Crippen LogP contribution >= 0.6 is 0 Å². The fourth-order valence-electron chi connectivity index (χ4n) is 7.06. The van der Waals surface area contributed by atoms with Gasteiger partial charge in [0.15, 0.2) is 0 Å². The van der Waals surface area contributed by atoms with Crippen molar-refractivity contribution in [3.05, 3.63) is 71.3 Å². The summed E-state index contributed by atoms with van der Waals surface area (Å²) in [4.78, 5) is 15.9. The summed E-state index contributed by atoms with van der Waals surface area (Å²) >= 11 is 0. The Hall–Kier alpha value is -3.45. The van der Waals surface area contributed by atoms with Crippen LogP contribution in [0.25, 0.3) is 33.9 Å². The molecule has 0 atom stereocenters. The maximum atomic E-state index is 14.2. The average Bonchev–Trinajstić information content (AvgIpc) is 3.26. The molecule has 3 aromatic rings. The fourth-order valence-corrected chi connectivity index (χ4v) is 8.75. The molecule has 6 rings (SSSR count). The van der Waals surface area contributed by atoms with E-state index in [2.05, 4.69) is 34.1 Å². The number of amides is 1. The van der Waals surface area contributed by atoms with Crippen LogP contribution in [0.1, 0.15) is 61.6 Å². The van der Waals surface area contributed by atoms with Gasteiger partial charge >= 0.3 is 10.2 Å². The molecular formula is C34H43N5O5S2. The third-order valence-electron chi connectivity index (χ3n) is 9.63. The molecule has 46 heavy (non-hydrogen) atoms. The van der Waals surface area contributed by atoms with E-state index in [1.165, 1.54) is 43.2 Å². The first-order chi connectivity index (χ1) is 21.9. The molecule has 3 aliphatic rings. The first-order valence-electron chi connectivity index (χ1n) is 16.0. The number of hydrogen-bond donors (Lipinski definition) is 1. The Kier molecular flexibility index (Phi) is 8.92. The molecule has 2 fully saturated rings. The third-order valence-corrected chi connectivity index (χ3v) is 13.0. The van der Waals surface area contributed by atoms with Gasteiger partial charge in [-0.05, 0) is 49.0 Å². The van der Waals surface area contributed by atoms with Gasteiger partial charge in [0.25, 0.3) is 5.91 Å². The lowest BCUT2D eigenvalue weighted by Gasteiger charge is -2.34. The van der Waals surface area contributed by atoms with Gasteiger partial charge in [0.05, 0.1) is 18.0 Å². The highest BCUT2D eigenvalue weighted by molar-refractivity contribution is 7.89. The molecule has 1 N–H and O–H groups in total. The summed E-state index contributed by atoms with van der Waals surface area (Å²) in [5.74, 6) is 0.310. The standard InChI is InChI=1S/C34H43N5O5S2/c1-5-45(41,42)38-19-17-37(18-20-38)34(40)28-21-27-13-9-10-14-29(27)33-32(25-11-7-6-8-12-25)30-16-15-26(22-31(30)39(33)23-28)24(2)35-46(43,44)36(3)4/h9-10,13-16,21-22,25,35H,2,5-8,11-12,17-20,23H2,1,3-4H3. The number of aromatic nitrogens is 1. The zero-order valence-corrected chi connectivity index (χ0v) is 28.5. The van der Waals surface area contributed by atoms with E-state index >= 15 is 0 Å². The van der Waals surface area contributed by atoms with Gasteiger partial charge in [-0.2, -0.15) is 17.0 Å². The van der Waals surface area contributed by atoms with Crippen LogP contribution in [-0.4, -0.2) is 86.8 Å². The molecule has 0 unspecified atom stereocenters. The molecular weight excluding hydrogens is 623 g/mol. The van der Waals surface area contributed by atoms with Crippen LogP contribution in [0.15, 0.2) is 54.6 Å². The molecule has 1 saturated heterocycles. The second-order valence-electron chi connectivity index (χ2n) is 12.6. The number of hydrogen-bond acceptors (Lipinski definition) is 5. The molecule has 1 aromatic heterocycles. The van der Waals surface area contributed by atoms with E-state index in [4.69, 9.17) is 0 Å². The van der Waals surface area contributed by atoms with E-state index < -0.39 is 20.2 Å². The van der Waals surface area contributed by atoms with Gasteiger partial charge in [-0.15, -0.1) is 0 Å². The number of piperazine rings is 1. The van der Waals surface area contributed by atoms with Crippen LogP contribution < -0.4 is 4.72 Å². The molecule has 0 bridgehead atoms. The van der Waals surface area contributed by atoms with Crippen LogP contribution in [0.3, 0.4) is 0 Å². The van der Waals surface area contributed by atoms with E-state index in [9.17, 15) is 21.6 Å². The van der Waals surface area contributed by atoms with Crippen molar-refractivity contribution in [3.8, 4) is 11.3 Å². The predicted molar refractivity (Wildman–Crippen MR) is 184 cm³/mol. The van der Waals surface area contributed by atoms with Gasteiger partial charge < -0.3 is 9.47 Å². The van der Waals surface area contributed by atoms with Crippen LogP contribution in [0.5, 0.6) is 0 Å². The number of carbonyl (C=O) groups excluding carboxylic acids is 1. The number of sulfonamides is 1. The van der Waals surface area contributed by atoms with Crippen molar-refractivity contribution in [2.75, 3.05) is 46.0 Å². The molecule has 10 nitrogen and oxygen atoms in total. The summed E-state index contributed by atoms with van der Waals surface area (Å²) in [5.41, 5.74) is 6.90. The number of rotatable bonds is 8. The van der Waals surface area contributed by atoms with Gasteiger partial charge in [-0.1, -0.05) is 62.2 Å². The zero-order chi connectivity index (χ0) is 32.8. The maximum Gasteiger partial charge on any atom is 0.301 e. The molecule has 246 valence electrons. The molecule has 1 amide bonds. The van der Waals surface area contributed by atoms with Crippen molar-refractivity contribution < 1.29 is 21.6 Å². The van der Waals surface area contributed by atoms with Crippen LogP contribution in [0.2, 0.25) is 0 Å². The minimum atomic E-state index is -3.74. The van der Waals surface area contributed by atoms with E-state index in [0.29, 0.717) is 36.7 Å². The highest BCUT2D eigenvalue weighted by Gasteiger charge is 2.33. The van der Waals surface area contributed by atoms with E-state index in [1.54, 1.807) is 11.8 Å². The van der Waals surface area contributed by atoms with Crippen molar-refractivity contribution in [3.63, 3.8) is 0 Å². The number of benzene rings is 2. The molecule has 0 radical (unpaired) electrons. The summed E-state index contributed by atoms with van der Waals surface area (Å²) in [5, 5.41) is 1.11. The zero-order valence-electron chi connectivity index (χ0n) is 26.8. The Morgan fingerprint density at radius 3 is 2.35 bits per heavy atom. The number of nitrogens with zero attached hydrogens (tertiary/aromatic N) is 4. The van der Waals surface area contributed by atoms with Gasteiger partial charge in [-0.25, -0.2) is 8.42 Å². The van der Waals surface area contributed by atoms with Crippen molar-refractivity contribution in [2.24, 2.45) is 0 Å². The van der Waals surface area contributed by atoms with Gasteiger partial charge in [0, 0.05) is 73.6 Å². The predicted octanol–water partition coefficient (Wildman–Crippen LogP) is 4.61. The van der Waals surface area contributed by atoms with Gasteiger partial charge in [0.2, 0.25) is 10.0 Å². The quantitative estimate of drug-likeness (QED) is 0.378. The van der Waals surface area contributed by atoms with Gasteiger partial charge in [0.1, 0.15) is 0 Å². The Balaban J connectivity index is 1.46. The molecule has 1 saturated carbocycles. The minimum Gasteiger partial charge on any atom is -0.336 e. The summed E-state index contributed by atoms with van der Waals surface area (Å²) in [7, 11) is -4.13. The smallest absolute Gasteiger partial charge is 0.301 e. The number of carbonyl (C=O) groups is 1. The van der Waals surface area contributed by atoms with Gasteiger partial charge in [-0.3, -0.25) is 9.52 Å². The van der Waals surface area contributed by atoms with Crippen molar-refractivity contribution >= 4 is 48.8 Å². The Bertz CT molecular complexity index is 1930. The summed E-state index contributed by atoms with van der Waals surface area (Å²) in [6.45, 7) is 7.25. The molecule has 3 heterocycles. The van der Waals surface area contributed by atoms with Crippen LogP contribution in [0, 0.1) is 0 Å². The van der Waals surface area contributed by atoms with Crippen molar-refractivity contribution in [1.82, 2.24) is 22.8 Å². The summed E-state index contributed by atoms with van der Waals surface area (Å²) < 4.78 is 57.6. The fraction of sp³-hybridized carbons (Fsp3) is 0.441. The number of nitrogens with one attached hydrogen (secondary N) is 1. The monoisotopic (exact) mass is 665 g/mol. The lowest BCUT2D eigenvalue weighted by molar-refractivity contribution is -0.128. The first kappa shape index (κ1) is 32.5. The lowest BCUT2D eigenvalue weighted by Crippen LogP contribution is -2.51. The second kappa shape index (κ2) is 12.6. The SMILES string of the molecule is C=C(NS(=O)(=O)N(C)C)c1ccc2c(C3CCCCC3)c3n(c2c1)CC(C(=O)N1CCN(S(=O)(=O)CC)CC1)=Cc1ccccc1-3. The highest BCUT2D eigenvalue weighted by Crippen LogP contribution is 2.46.